The molecule has 0 amide bonds. The van der Waals surface area contributed by atoms with Crippen LogP contribution in [0.2, 0.25) is 0 Å². The van der Waals surface area contributed by atoms with Crippen LogP contribution in [0.25, 0.3) is 11.0 Å². The van der Waals surface area contributed by atoms with E-state index in [2.05, 4.69) is 15.1 Å². The third-order valence-electron chi connectivity index (χ3n) is 3.44. The number of aliphatic hydroxyl groups excluding tert-OH is 3. The predicted octanol–water partition coefficient (Wildman–Crippen LogP) is -1.97. The summed E-state index contributed by atoms with van der Waals surface area (Å²) in [6.07, 6.45) is -3.18. The first kappa shape index (κ1) is 13.9. The zero-order chi connectivity index (χ0) is 15.1. The topological polar surface area (TPSA) is 149 Å². The van der Waals surface area contributed by atoms with Gasteiger partial charge in [0.25, 0.3) is 0 Å². The summed E-state index contributed by atoms with van der Waals surface area (Å²) in [5.74, 6) is 0.357. The van der Waals surface area contributed by atoms with Crippen molar-refractivity contribution < 1.29 is 24.8 Å². The lowest BCUT2D eigenvalue weighted by Gasteiger charge is -2.15. The molecular formula is C11H15N5O5. The Bertz CT molecular complexity index is 662. The molecule has 0 saturated carbocycles. The zero-order valence-electron chi connectivity index (χ0n) is 11.1. The van der Waals surface area contributed by atoms with E-state index in [-0.39, 0.29) is 11.7 Å². The average molecular weight is 297 g/mol. The fourth-order valence-electron chi connectivity index (χ4n) is 2.37. The van der Waals surface area contributed by atoms with Gasteiger partial charge in [0.15, 0.2) is 11.9 Å². The molecule has 1 unspecified atom stereocenters. The van der Waals surface area contributed by atoms with E-state index in [0.29, 0.717) is 11.0 Å². The van der Waals surface area contributed by atoms with Crippen LogP contribution in [-0.4, -0.2) is 67.1 Å². The van der Waals surface area contributed by atoms with Gasteiger partial charge in [0, 0.05) is 0 Å². The first-order valence-electron chi connectivity index (χ1n) is 6.23. The molecule has 3 rings (SSSR count). The maximum Gasteiger partial charge on any atom is 0.246 e. The second-order valence-electron chi connectivity index (χ2n) is 4.64. The molecule has 114 valence electrons. The lowest BCUT2D eigenvalue weighted by atomic mass is 10.1. The molecule has 1 aliphatic heterocycles. The van der Waals surface area contributed by atoms with Gasteiger partial charge in [-0.2, -0.15) is 0 Å². The van der Waals surface area contributed by atoms with Crippen molar-refractivity contribution in [2.24, 2.45) is 0 Å². The number of ether oxygens (including phenoxy) is 2. The number of aliphatic hydroxyl groups is 3. The van der Waals surface area contributed by atoms with Crippen molar-refractivity contribution in [1.29, 1.82) is 0 Å². The van der Waals surface area contributed by atoms with Crippen LogP contribution in [0.1, 0.15) is 6.23 Å². The van der Waals surface area contributed by atoms with E-state index in [1.807, 2.05) is 0 Å². The second-order valence-corrected chi connectivity index (χ2v) is 4.64. The highest BCUT2D eigenvalue weighted by Crippen LogP contribution is 2.34. The Morgan fingerprint density at radius 2 is 2.14 bits per heavy atom. The van der Waals surface area contributed by atoms with E-state index in [0.717, 1.165) is 0 Å². The van der Waals surface area contributed by atoms with E-state index in [4.69, 9.17) is 20.3 Å². The van der Waals surface area contributed by atoms with Crippen molar-refractivity contribution in [3.05, 3.63) is 6.33 Å². The van der Waals surface area contributed by atoms with Crippen LogP contribution >= 0.6 is 0 Å². The molecule has 5 N–H and O–H groups in total. The Morgan fingerprint density at radius 1 is 1.38 bits per heavy atom. The third-order valence-corrected chi connectivity index (χ3v) is 3.44. The molecule has 0 aliphatic carbocycles. The summed E-state index contributed by atoms with van der Waals surface area (Å²) >= 11 is 0. The fraction of sp³-hybridized carbons (Fsp3) is 0.545. The highest BCUT2D eigenvalue weighted by molar-refractivity contribution is 5.90. The van der Waals surface area contributed by atoms with Crippen LogP contribution in [-0.2, 0) is 4.74 Å². The van der Waals surface area contributed by atoms with Crippen molar-refractivity contribution in [3.63, 3.8) is 0 Å². The van der Waals surface area contributed by atoms with Crippen molar-refractivity contribution in [3.8, 4) is 5.88 Å². The SMILES string of the molecule is COc1nn([C@@H]2O[C@H](CO)C(O)[C@H]2O)c2ncnc(N)c12. The van der Waals surface area contributed by atoms with E-state index in [1.54, 1.807) is 0 Å². The van der Waals surface area contributed by atoms with Crippen molar-refractivity contribution in [2.45, 2.75) is 24.5 Å². The summed E-state index contributed by atoms with van der Waals surface area (Å²) in [5, 5.41) is 33.5. The highest BCUT2D eigenvalue weighted by Gasteiger charge is 2.44. The average Bonchev–Trinajstić information content (AvgIpc) is 2.99. The standard InChI is InChI=1S/C11H15N5O5/c1-20-10-5-8(12)13-3-14-9(5)16(15-10)11-7(19)6(18)4(2-17)21-11/h3-4,6-7,11,17-19H,2H2,1H3,(H2,12,13,14)/t4-,6?,7-,11-/m1/s1. The number of nitrogens with zero attached hydrogens (tertiary/aromatic N) is 4. The molecule has 1 saturated heterocycles. The van der Waals surface area contributed by atoms with Crippen molar-refractivity contribution in [2.75, 3.05) is 19.5 Å². The first-order valence-corrected chi connectivity index (χ1v) is 6.23. The smallest absolute Gasteiger partial charge is 0.246 e. The number of aromatic nitrogens is 4. The molecule has 0 bridgehead atoms. The largest absolute Gasteiger partial charge is 0.479 e. The number of fused-ring (bicyclic) bond motifs is 1. The van der Waals surface area contributed by atoms with Crippen LogP contribution in [0.15, 0.2) is 6.33 Å². The molecule has 1 aliphatic rings. The molecule has 0 radical (unpaired) electrons. The number of hydrogen-bond acceptors (Lipinski definition) is 9. The summed E-state index contributed by atoms with van der Waals surface area (Å²) in [5.41, 5.74) is 6.08. The number of nitrogens with two attached hydrogens (primary N) is 1. The monoisotopic (exact) mass is 297 g/mol. The zero-order valence-corrected chi connectivity index (χ0v) is 11.1. The summed E-state index contributed by atoms with van der Waals surface area (Å²) < 4.78 is 11.8. The van der Waals surface area contributed by atoms with Gasteiger partial charge in [-0.05, 0) is 0 Å². The number of rotatable bonds is 3. The van der Waals surface area contributed by atoms with Gasteiger partial charge in [-0.25, -0.2) is 14.6 Å². The van der Waals surface area contributed by atoms with Crippen LogP contribution < -0.4 is 10.5 Å². The molecule has 4 atom stereocenters. The van der Waals surface area contributed by atoms with Gasteiger partial charge < -0.3 is 30.5 Å². The van der Waals surface area contributed by atoms with Crippen LogP contribution in [0.3, 0.4) is 0 Å². The summed E-state index contributed by atoms with van der Waals surface area (Å²) in [4.78, 5) is 7.92. The van der Waals surface area contributed by atoms with Gasteiger partial charge in [-0.3, -0.25) is 0 Å². The van der Waals surface area contributed by atoms with Gasteiger partial charge in [-0.1, -0.05) is 0 Å². The molecule has 0 aromatic carbocycles. The van der Waals surface area contributed by atoms with Gasteiger partial charge in [0.2, 0.25) is 5.88 Å². The van der Waals surface area contributed by atoms with Gasteiger partial charge in [0.05, 0.1) is 13.7 Å². The van der Waals surface area contributed by atoms with Gasteiger partial charge in [0.1, 0.15) is 35.8 Å². The van der Waals surface area contributed by atoms with Crippen molar-refractivity contribution in [1.82, 2.24) is 19.7 Å². The molecule has 3 heterocycles. The Balaban J connectivity index is 2.11. The summed E-state index contributed by atoms with van der Waals surface area (Å²) in [6, 6.07) is 0. The molecule has 2 aromatic rings. The maximum atomic E-state index is 10.1. The Kier molecular flexibility index (Phi) is 3.37. The minimum atomic E-state index is -1.27. The highest BCUT2D eigenvalue weighted by atomic mass is 16.6. The van der Waals surface area contributed by atoms with Crippen LogP contribution in [0.4, 0.5) is 5.82 Å². The molecule has 0 spiro atoms. The summed E-state index contributed by atoms with van der Waals surface area (Å²) in [6.45, 7) is -0.428. The summed E-state index contributed by atoms with van der Waals surface area (Å²) in [7, 11) is 1.41. The molecule has 21 heavy (non-hydrogen) atoms. The molecular weight excluding hydrogens is 282 g/mol. The normalized spacial score (nSPS) is 29.1. The quantitative estimate of drug-likeness (QED) is 0.506. The Hall–Kier alpha value is -2.01. The second kappa shape index (κ2) is 5.07. The van der Waals surface area contributed by atoms with E-state index in [1.165, 1.54) is 18.1 Å². The molecule has 10 heteroatoms. The van der Waals surface area contributed by atoms with E-state index in [9.17, 15) is 10.2 Å². The lowest BCUT2D eigenvalue weighted by molar-refractivity contribution is -0.0570. The number of hydrogen-bond donors (Lipinski definition) is 4. The minimum absolute atomic E-state index is 0.176. The Labute approximate surface area is 118 Å². The van der Waals surface area contributed by atoms with Gasteiger partial charge in [-0.15, -0.1) is 5.10 Å². The number of anilines is 1. The van der Waals surface area contributed by atoms with Gasteiger partial charge >= 0.3 is 0 Å². The van der Waals surface area contributed by atoms with E-state index >= 15 is 0 Å². The fourth-order valence-corrected chi connectivity index (χ4v) is 2.37. The molecule has 1 fully saturated rings. The number of methoxy groups -OCH3 is 1. The van der Waals surface area contributed by atoms with Crippen LogP contribution in [0.5, 0.6) is 5.88 Å². The predicted molar refractivity (Wildman–Crippen MR) is 69.3 cm³/mol. The van der Waals surface area contributed by atoms with E-state index < -0.39 is 31.1 Å². The maximum absolute atomic E-state index is 10.1. The molecule has 2 aromatic heterocycles. The Morgan fingerprint density at radius 3 is 2.76 bits per heavy atom. The van der Waals surface area contributed by atoms with Crippen molar-refractivity contribution >= 4 is 16.9 Å². The number of nitrogen functional groups attached to an aromatic ring is 1. The third kappa shape index (κ3) is 2.00. The molecule has 10 nitrogen and oxygen atoms in total. The lowest BCUT2D eigenvalue weighted by Crippen LogP contribution is -2.33. The first-order chi connectivity index (χ1) is 10.1. The minimum Gasteiger partial charge on any atom is -0.479 e. The van der Waals surface area contributed by atoms with Crippen LogP contribution in [0, 0.1) is 0 Å².